The van der Waals surface area contributed by atoms with E-state index in [4.69, 9.17) is 9.98 Å². The molecule has 0 aliphatic rings. The summed E-state index contributed by atoms with van der Waals surface area (Å²) in [5.74, 6) is 1.17. The number of hydrogen-bond acceptors (Lipinski definition) is 5. The Labute approximate surface area is 254 Å². The van der Waals surface area contributed by atoms with E-state index in [1.807, 2.05) is 42.6 Å². The molecule has 1 amide bonds. The zero-order chi connectivity index (χ0) is 29.0. The molecule has 5 rings (SSSR count). The minimum Gasteiger partial charge on any atom is -0.370 e. The summed E-state index contributed by atoms with van der Waals surface area (Å²) >= 11 is 3.52. The predicted molar refractivity (Wildman–Crippen MR) is 173 cm³/mol. The number of amides is 1. The first-order chi connectivity index (χ1) is 20.6. The monoisotopic (exact) mass is 623 g/mol. The van der Waals surface area contributed by atoms with Gasteiger partial charge in [-0.3, -0.25) is 15.1 Å². The maximum absolute atomic E-state index is 12.8. The molecule has 9 heteroatoms. The van der Waals surface area contributed by atoms with Crippen LogP contribution in [-0.2, 0) is 12.8 Å². The van der Waals surface area contributed by atoms with Crippen molar-refractivity contribution in [1.29, 1.82) is 0 Å². The van der Waals surface area contributed by atoms with Crippen molar-refractivity contribution in [2.45, 2.75) is 25.7 Å². The Morgan fingerprint density at radius 1 is 0.929 bits per heavy atom. The van der Waals surface area contributed by atoms with Crippen LogP contribution in [0, 0.1) is 0 Å². The Bertz CT molecular complexity index is 1600. The van der Waals surface area contributed by atoms with E-state index in [-0.39, 0.29) is 5.91 Å². The van der Waals surface area contributed by atoms with Gasteiger partial charge >= 0.3 is 0 Å². The Kier molecular flexibility index (Phi) is 10.3. The summed E-state index contributed by atoms with van der Waals surface area (Å²) in [5.41, 5.74) is 4.93. The van der Waals surface area contributed by atoms with Crippen LogP contribution in [0.4, 0.5) is 5.82 Å². The molecule has 0 aliphatic carbocycles. The van der Waals surface area contributed by atoms with Crippen molar-refractivity contribution in [3.05, 3.63) is 124 Å². The number of aromatic nitrogens is 3. The van der Waals surface area contributed by atoms with Gasteiger partial charge in [-0.15, -0.1) is 0 Å². The van der Waals surface area contributed by atoms with Crippen LogP contribution in [0.1, 0.15) is 40.0 Å². The zero-order valence-corrected chi connectivity index (χ0v) is 24.9. The van der Waals surface area contributed by atoms with E-state index >= 15 is 0 Å². The number of guanidine groups is 1. The highest BCUT2D eigenvalue weighted by Crippen LogP contribution is 2.24. The molecule has 0 fully saturated rings. The molecule has 3 aromatic carbocycles. The van der Waals surface area contributed by atoms with Gasteiger partial charge in [0.1, 0.15) is 5.82 Å². The number of hydrogen-bond donors (Lipinski definition) is 4. The van der Waals surface area contributed by atoms with Crippen LogP contribution in [0.15, 0.2) is 107 Å². The summed E-state index contributed by atoms with van der Waals surface area (Å²) in [4.78, 5) is 29.7. The number of aryl methyl sites for hydroxylation is 1. The molecule has 2 heterocycles. The van der Waals surface area contributed by atoms with Crippen molar-refractivity contribution < 1.29 is 4.79 Å². The summed E-state index contributed by atoms with van der Waals surface area (Å²) in [7, 11) is 0. The molecule has 0 unspecified atom stereocenters. The van der Waals surface area contributed by atoms with Gasteiger partial charge in [0.2, 0.25) is 0 Å². The third kappa shape index (κ3) is 8.50. The van der Waals surface area contributed by atoms with Gasteiger partial charge in [0.25, 0.3) is 5.91 Å². The second kappa shape index (κ2) is 14.9. The molecule has 214 valence electrons. The van der Waals surface area contributed by atoms with Crippen molar-refractivity contribution in [3.63, 3.8) is 0 Å². The van der Waals surface area contributed by atoms with E-state index in [0.717, 1.165) is 58.1 Å². The highest BCUT2D eigenvalue weighted by atomic mass is 79.9. The van der Waals surface area contributed by atoms with Crippen LogP contribution < -0.4 is 16.0 Å². The molecule has 8 nitrogen and oxygen atoms in total. The Hall–Kier alpha value is -4.50. The predicted octanol–water partition coefficient (Wildman–Crippen LogP) is 6.12. The van der Waals surface area contributed by atoms with E-state index in [0.29, 0.717) is 31.2 Å². The van der Waals surface area contributed by atoms with Crippen LogP contribution in [0.25, 0.3) is 10.9 Å². The zero-order valence-electron chi connectivity index (χ0n) is 23.3. The summed E-state index contributed by atoms with van der Waals surface area (Å²) in [5, 5.41) is 10.9. The van der Waals surface area contributed by atoms with Crippen LogP contribution in [0.5, 0.6) is 0 Å². The van der Waals surface area contributed by atoms with Gasteiger partial charge < -0.3 is 15.6 Å². The second-order valence-electron chi connectivity index (χ2n) is 9.91. The van der Waals surface area contributed by atoms with Gasteiger partial charge in [0.05, 0.1) is 17.5 Å². The molecule has 5 aromatic rings. The summed E-state index contributed by atoms with van der Waals surface area (Å²) in [6.45, 7) is 1.90. The summed E-state index contributed by atoms with van der Waals surface area (Å²) in [6.07, 6.45) is 6.83. The SMILES string of the molecule is O=C(NC(=NCCCNc1nc2ccccc2cc1Cc1ccc(Br)cc1)NCCCc1c[nH]cn1)c1ccccc1. The maximum Gasteiger partial charge on any atom is 0.257 e. The number of carbonyl (C=O) groups is 1. The molecule has 4 N–H and O–H groups in total. The van der Waals surface area contributed by atoms with Gasteiger partial charge in [-0.05, 0) is 66.8 Å². The number of carbonyl (C=O) groups excluding carboxylic acids is 1. The van der Waals surface area contributed by atoms with E-state index < -0.39 is 0 Å². The number of rotatable bonds is 12. The average molecular weight is 625 g/mol. The number of nitrogens with zero attached hydrogens (tertiary/aromatic N) is 3. The smallest absolute Gasteiger partial charge is 0.257 e. The fourth-order valence-electron chi connectivity index (χ4n) is 4.56. The second-order valence-corrected chi connectivity index (χ2v) is 10.8. The van der Waals surface area contributed by atoms with Crippen molar-refractivity contribution in [2.24, 2.45) is 4.99 Å². The number of para-hydroxylation sites is 1. The molecule has 42 heavy (non-hydrogen) atoms. The van der Waals surface area contributed by atoms with Crippen LogP contribution in [-0.4, -0.2) is 46.5 Å². The number of fused-ring (bicyclic) bond motifs is 1. The van der Waals surface area contributed by atoms with E-state index in [9.17, 15) is 4.79 Å². The number of aliphatic imine (C=N–C) groups is 1. The molecule has 0 saturated carbocycles. The number of halogens is 1. The lowest BCUT2D eigenvalue weighted by atomic mass is 10.0. The lowest BCUT2D eigenvalue weighted by Crippen LogP contribution is -2.41. The number of H-pyrrole nitrogens is 1. The standard InChI is InChI=1S/C33H34BrN7O/c34-28-15-13-24(14-16-28)20-27-21-26-10-4-5-12-30(26)40-31(27)36-18-7-19-38-33(37-17-6-11-29-22-35-23-39-29)41-32(42)25-8-2-1-3-9-25/h1-5,8-10,12-16,21-23H,6-7,11,17-20H2,(H,35,39)(H,36,40)(H2,37,38,41,42). The normalized spacial score (nSPS) is 11.4. The Balaban J connectivity index is 1.21. The number of imidazole rings is 1. The molecule has 0 aliphatic heterocycles. The molecule has 2 aromatic heterocycles. The van der Waals surface area contributed by atoms with E-state index in [2.05, 4.69) is 78.2 Å². The van der Waals surface area contributed by atoms with E-state index in [1.54, 1.807) is 18.5 Å². The molecule has 0 saturated heterocycles. The van der Waals surface area contributed by atoms with Gasteiger partial charge in [-0.2, -0.15) is 0 Å². The number of pyridine rings is 1. The molecular formula is C33H34BrN7O. The largest absolute Gasteiger partial charge is 0.370 e. The maximum atomic E-state index is 12.8. The molecule has 0 atom stereocenters. The van der Waals surface area contributed by atoms with Gasteiger partial charge in [0, 0.05) is 47.7 Å². The third-order valence-corrected chi connectivity index (χ3v) is 7.26. The van der Waals surface area contributed by atoms with Crippen LogP contribution in [0.3, 0.4) is 0 Å². The first-order valence-electron chi connectivity index (χ1n) is 14.1. The molecule has 0 spiro atoms. The third-order valence-electron chi connectivity index (χ3n) is 6.73. The number of anilines is 1. The average Bonchev–Trinajstić information content (AvgIpc) is 3.54. The van der Waals surface area contributed by atoms with Gasteiger partial charge in [-0.25, -0.2) is 9.97 Å². The molecule has 0 radical (unpaired) electrons. The lowest BCUT2D eigenvalue weighted by Gasteiger charge is -2.14. The first-order valence-corrected chi connectivity index (χ1v) is 14.9. The quantitative estimate of drug-likeness (QED) is 0.0761. The fraction of sp³-hybridized carbons (Fsp3) is 0.212. The van der Waals surface area contributed by atoms with Gasteiger partial charge in [-0.1, -0.05) is 64.5 Å². The van der Waals surface area contributed by atoms with Crippen molar-refractivity contribution in [3.8, 4) is 0 Å². The van der Waals surface area contributed by atoms with Crippen LogP contribution >= 0.6 is 15.9 Å². The number of aromatic amines is 1. The number of benzene rings is 3. The fourth-order valence-corrected chi connectivity index (χ4v) is 4.82. The van der Waals surface area contributed by atoms with Gasteiger partial charge in [0.15, 0.2) is 5.96 Å². The van der Waals surface area contributed by atoms with Crippen LogP contribution in [0.2, 0.25) is 0 Å². The Morgan fingerprint density at radius 2 is 1.74 bits per heavy atom. The molecular weight excluding hydrogens is 590 g/mol. The minimum absolute atomic E-state index is 0.190. The highest BCUT2D eigenvalue weighted by Gasteiger charge is 2.10. The Morgan fingerprint density at radius 3 is 2.55 bits per heavy atom. The molecule has 0 bridgehead atoms. The highest BCUT2D eigenvalue weighted by molar-refractivity contribution is 9.10. The summed E-state index contributed by atoms with van der Waals surface area (Å²) < 4.78 is 1.06. The lowest BCUT2D eigenvalue weighted by molar-refractivity contribution is 0.0975. The van der Waals surface area contributed by atoms with E-state index in [1.165, 1.54) is 5.56 Å². The summed E-state index contributed by atoms with van der Waals surface area (Å²) in [6, 6.07) is 27.9. The van der Waals surface area contributed by atoms with Crippen molar-refractivity contribution in [2.75, 3.05) is 25.0 Å². The number of nitrogens with one attached hydrogen (secondary N) is 4. The van der Waals surface area contributed by atoms with Crippen molar-refractivity contribution >= 4 is 44.5 Å². The minimum atomic E-state index is -0.190. The topological polar surface area (TPSA) is 107 Å². The first kappa shape index (κ1) is 29.0. The van der Waals surface area contributed by atoms with Crippen molar-refractivity contribution in [1.82, 2.24) is 25.6 Å².